The molecule has 0 aliphatic carbocycles. The molecule has 6 nitrogen and oxygen atoms in total. The number of amides is 1. The summed E-state index contributed by atoms with van der Waals surface area (Å²) in [6.07, 6.45) is 2.51. The van der Waals surface area contributed by atoms with Crippen molar-refractivity contribution >= 4 is 17.7 Å². The summed E-state index contributed by atoms with van der Waals surface area (Å²) in [5, 5.41) is 2.80. The molecule has 0 unspecified atom stereocenters. The van der Waals surface area contributed by atoms with Crippen LogP contribution in [0, 0.1) is 0 Å². The number of carbonyl (C=O) groups excluding carboxylic acids is 1. The molecule has 0 saturated carbocycles. The number of carbonyl (C=O) groups is 1. The Kier molecular flexibility index (Phi) is 2.66. The van der Waals surface area contributed by atoms with E-state index < -0.39 is 0 Å². The lowest BCUT2D eigenvalue weighted by Crippen LogP contribution is -2.33. The summed E-state index contributed by atoms with van der Waals surface area (Å²) in [6, 6.07) is 1.76. The average Bonchev–Trinajstić information content (AvgIpc) is 2.43. The van der Waals surface area contributed by atoms with Crippen LogP contribution in [0.5, 0.6) is 0 Å². The van der Waals surface area contributed by atoms with Gasteiger partial charge in [0, 0.05) is 19.3 Å². The summed E-state index contributed by atoms with van der Waals surface area (Å²) in [6.45, 7) is 1.85. The third-order valence-electron chi connectivity index (χ3n) is 2.24. The molecule has 15 heavy (non-hydrogen) atoms. The zero-order valence-electron chi connectivity index (χ0n) is 8.31. The number of anilines is 2. The van der Waals surface area contributed by atoms with E-state index in [4.69, 9.17) is 5.73 Å². The first-order valence-electron chi connectivity index (χ1n) is 4.86. The van der Waals surface area contributed by atoms with E-state index in [1.165, 1.54) is 0 Å². The molecule has 1 saturated heterocycles. The van der Waals surface area contributed by atoms with Crippen molar-refractivity contribution in [1.82, 2.24) is 15.3 Å². The highest BCUT2D eigenvalue weighted by molar-refractivity contribution is 5.81. The Bertz CT molecular complexity index is 367. The molecular weight excluding hydrogens is 194 g/mol. The molecule has 1 aliphatic rings. The van der Waals surface area contributed by atoms with Crippen LogP contribution in [0.15, 0.2) is 12.3 Å². The van der Waals surface area contributed by atoms with Gasteiger partial charge in [0.15, 0.2) is 0 Å². The topological polar surface area (TPSA) is 84.1 Å². The smallest absolute Gasteiger partial charge is 0.239 e. The monoisotopic (exact) mass is 207 g/mol. The number of nitrogens with one attached hydrogen (secondary N) is 1. The highest BCUT2D eigenvalue weighted by Gasteiger charge is 2.15. The number of nitrogens with two attached hydrogens (primary N) is 1. The minimum Gasteiger partial charge on any atom is -0.368 e. The molecule has 0 bridgehead atoms. The molecule has 0 radical (unpaired) electrons. The first-order chi connectivity index (χ1) is 7.25. The Morgan fingerprint density at radius 2 is 2.40 bits per heavy atom. The lowest BCUT2D eigenvalue weighted by Gasteiger charge is -2.19. The molecular formula is C9H13N5O. The van der Waals surface area contributed by atoms with Crippen molar-refractivity contribution in [3.63, 3.8) is 0 Å². The summed E-state index contributed by atoms with van der Waals surface area (Å²) in [5.74, 6) is 0.960. The van der Waals surface area contributed by atoms with Crippen molar-refractivity contribution in [2.45, 2.75) is 6.42 Å². The Balaban J connectivity index is 2.18. The van der Waals surface area contributed by atoms with Crippen molar-refractivity contribution < 1.29 is 4.79 Å². The van der Waals surface area contributed by atoms with Crippen LogP contribution in [0.25, 0.3) is 0 Å². The fourth-order valence-corrected chi connectivity index (χ4v) is 1.54. The number of nitrogens with zero attached hydrogens (tertiary/aromatic N) is 3. The third-order valence-corrected chi connectivity index (χ3v) is 2.24. The molecule has 2 heterocycles. The van der Waals surface area contributed by atoms with Gasteiger partial charge in [-0.15, -0.1) is 0 Å². The van der Waals surface area contributed by atoms with Crippen LogP contribution in [0.3, 0.4) is 0 Å². The minimum atomic E-state index is 0.0182. The van der Waals surface area contributed by atoms with Gasteiger partial charge in [-0.2, -0.15) is 4.98 Å². The lowest BCUT2D eigenvalue weighted by molar-refractivity contribution is -0.119. The summed E-state index contributed by atoms with van der Waals surface area (Å²) in [7, 11) is 0. The third kappa shape index (κ3) is 2.34. The quantitative estimate of drug-likeness (QED) is 0.641. The largest absolute Gasteiger partial charge is 0.368 e. The molecule has 1 aromatic rings. The Hall–Kier alpha value is -1.85. The van der Waals surface area contributed by atoms with Gasteiger partial charge in [-0.25, -0.2) is 4.98 Å². The van der Waals surface area contributed by atoms with Crippen molar-refractivity contribution in [3.05, 3.63) is 12.3 Å². The van der Waals surface area contributed by atoms with Gasteiger partial charge in [-0.1, -0.05) is 0 Å². The van der Waals surface area contributed by atoms with E-state index in [2.05, 4.69) is 15.3 Å². The van der Waals surface area contributed by atoms with Gasteiger partial charge in [0.25, 0.3) is 0 Å². The van der Waals surface area contributed by atoms with Crippen LogP contribution in [-0.2, 0) is 4.79 Å². The van der Waals surface area contributed by atoms with E-state index in [9.17, 15) is 4.79 Å². The second kappa shape index (κ2) is 4.12. The second-order valence-electron chi connectivity index (χ2n) is 3.40. The number of hydrogen-bond acceptors (Lipinski definition) is 5. The standard InChI is InChI=1S/C9H13N5O/c10-9-12-4-2-7(13-9)14-5-1-3-11-8(15)6-14/h2,4H,1,3,5-6H2,(H,11,15)(H2,10,12,13). The van der Waals surface area contributed by atoms with E-state index in [1.807, 2.05) is 4.90 Å². The van der Waals surface area contributed by atoms with E-state index in [-0.39, 0.29) is 11.9 Å². The molecule has 1 aliphatic heterocycles. The molecule has 1 aromatic heterocycles. The molecule has 0 spiro atoms. The summed E-state index contributed by atoms with van der Waals surface area (Å²) in [5.41, 5.74) is 5.49. The Morgan fingerprint density at radius 3 is 3.20 bits per heavy atom. The zero-order chi connectivity index (χ0) is 10.7. The fourth-order valence-electron chi connectivity index (χ4n) is 1.54. The summed E-state index contributed by atoms with van der Waals surface area (Å²) in [4.78, 5) is 21.1. The van der Waals surface area contributed by atoms with E-state index in [1.54, 1.807) is 12.3 Å². The van der Waals surface area contributed by atoms with Gasteiger partial charge in [-0.05, 0) is 12.5 Å². The molecule has 1 amide bonds. The SMILES string of the molecule is Nc1nccc(N2CCCNC(=O)C2)n1. The van der Waals surface area contributed by atoms with Crippen LogP contribution in [0.2, 0.25) is 0 Å². The molecule has 2 rings (SSSR count). The van der Waals surface area contributed by atoms with Crippen LogP contribution < -0.4 is 16.0 Å². The summed E-state index contributed by atoms with van der Waals surface area (Å²) >= 11 is 0. The predicted molar refractivity (Wildman–Crippen MR) is 56.3 cm³/mol. The maximum atomic E-state index is 11.3. The minimum absolute atomic E-state index is 0.0182. The first kappa shape index (κ1) is 9.70. The van der Waals surface area contributed by atoms with Gasteiger partial charge in [0.05, 0.1) is 6.54 Å². The van der Waals surface area contributed by atoms with Crippen LogP contribution in [0.4, 0.5) is 11.8 Å². The Morgan fingerprint density at radius 1 is 1.53 bits per heavy atom. The van der Waals surface area contributed by atoms with Crippen LogP contribution in [0.1, 0.15) is 6.42 Å². The molecule has 80 valence electrons. The molecule has 3 N–H and O–H groups in total. The average molecular weight is 207 g/mol. The van der Waals surface area contributed by atoms with Crippen molar-refractivity contribution in [2.24, 2.45) is 0 Å². The lowest BCUT2D eigenvalue weighted by atomic mass is 10.4. The van der Waals surface area contributed by atoms with Crippen LogP contribution >= 0.6 is 0 Å². The van der Waals surface area contributed by atoms with Gasteiger partial charge in [-0.3, -0.25) is 4.79 Å². The number of nitrogen functional groups attached to an aromatic ring is 1. The maximum absolute atomic E-state index is 11.3. The molecule has 0 aromatic carbocycles. The van der Waals surface area contributed by atoms with Crippen molar-refractivity contribution in [3.8, 4) is 0 Å². The van der Waals surface area contributed by atoms with Crippen LogP contribution in [-0.4, -0.2) is 35.5 Å². The van der Waals surface area contributed by atoms with Gasteiger partial charge < -0.3 is 16.0 Å². The number of hydrogen-bond donors (Lipinski definition) is 2. The van der Waals surface area contributed by atoms with Gasteiger partial charge in [0.1, 0.15) is 5.82 Å². The number of rotatable bonds is 1. The van der Waals surface area contributed by atoms with E-state index >= 15 is 0 Å². The van der Waals surface area contributed by atoms with E-state index in [0.29, 0.717) is 12.4 Å². The summed E-state index contributed by atoms with van der Waals surface area (Å²) < 4.78 is 0. The highest BCUT2D eigenvalue weighted by atomic mass is 16.2. The normalized spacial score (nSPS) is 17.1. The maximum Gasteiger partial charge on any atom is 0.239 e. The predicted octanol–water partition coefficient (Wildman–Crippen LogP) is -0.615. The van der Waals surface area contributed by atoms with Gasteiger partial charge in [0.2, 0.25) is 11.9 Å². The molecule has 1 fully saturated rings. The Labute approximate surface area is 87.5 Å². The van der Waals surface area contributed by atoms with E-state index in [0.717, 1.165) is 19.5 Å². The number of aromatic nitrogens is 2. The molecule has 6 heteroatoms. The van der Waals surface area contributed by atoms with Gasteiger partial charge >= 0.3 is 0 Å². The van der Waals surface area contributed by atoms with Crippen molar-refractivity contribution in [2.75, 3.05) is 30.3 Å². The molecule has 0 atom stereocenters. The second-order valence-corrected chi connectivity index (χ2v) is 3.40. The fraction of sp³-hybridized carbons (Fsp3) is 0.444. The zero-order valence-corrected chi connectivity index (χ0v) is 8.31. The van der Waals surface area contributed by atoms with Crippen molar-refractivity contribution in [1.29, 1.82) is 0 Å². The highest BCUT2D eigenvalue weighted by Crippen LogP contribution is 2.11. The first-order valence-corrected chi connectivity index (χ1v) is 4.86.